The Morgan fingerprint density at radius 2 is 1.81 bits per heavy atom. The number of carboxylic acid groups (broad SMARTS) is 1. The first-order valence-corrected chi connectivity index (χ1v) is 12.9. The Labute approximate surface area is 163 Å². The van der Waals surface area contributed by atoms with Gasteiger partial charge in [-0.3, -0.25) is 4.79 Å². The first-order chi connectivity index (χ1) is 12.4. The van der Waals surface area contributed by atoms with Gasteiger partial charge in [0, 0.05) is 16.9 Å². The molecule has 2 fully saturated rings. The molecule has 2 bridgehead atoms. The van der Waals surface area contributed by atoms with Crippen LogP contribution in [0.3, 0.4) is 0 Å². The molecule has 0 aromatic carbocycles. The highest BCUT2D eigenvalue weighted by Crippen LogP contribution is 2.54. The van der Waals surface area contributed by atoms with E-state index in [0.29, 0.717) is 40.3 Å². The van der Waals surface area contributed by atoms with Gasteiger partial charge in [0.15, 0.2) is 9.84 Å². The van der Waals surface area contributed by atoms with E-state index in [1.807, 2.05) is 11.8 Å². The maximum absolute atomic E-state index is 12.6. The van der Waals surface area contributed by atoms with Crippen LogP contribution < -0.4 is 0 Å². The summed E-state index contributed by atoms with van der Waals surface area (Å²) in [5.74, 6) is 0.749. The van der Waals surface area contributed by atoms with Gasteiger partial charge in [-0.2, -0.15) is 11.8 Å². The minimum Gasteiger partial charge on any atom is -0.481 e. The highest BCUT2D eigenvalue weighted by atomic mass is 32.2. The molecule has 2 aliphatic heterocycles. The minimum atomic E-state index is -2.95. The van der Waals surface area contributed by atoms with E-state index in [1.165, 1.54) is 12.8 Å². The molecule has 0 amide bonds. The first-order valence-electron chi connectivity index (χ1n) is 10.2. The SMILES string of the molecule is CCCCCCS(=O)(=O)C[C@H]1[C@@H](C/C=C\CCCC(=O)O)[C@H]2CC[C@@H]1S2. The zero-order valence-corrected chi connectivity index (χ0v) is 17.6. The number of carbonyl (C=O) groups is 1. The van der Waals surface area contributed by atoms with Crippen molar-refractivity contribution >= 4 is 27.6 Å². The van der Waals surface area contributed by atoms with E-state index in [2.05, 4.69) is 19.1 Å². The molecule has 4 atom stereocenters. The third-order valence-corrected chi connectivity index (χ3v) is 9.36. The minimum absolute atomic E-state index is 0.215. The van der Waals surface area contributed by atoms with E-state index < -0.39 is 15.8 Å². The molecular formula is C20H34O4S2. The summed E-state index contributed by atoms with van der Waals surface area (Å²) in [6.07, 6.45) is 13.3. The molecular weight excluding hydrogens is 368 g/mol. The molecule has 0 saturated carbocycles. The van der Waals surface area contributed by atoms with Gasteiger partial charge >= 0.3 is 5.97 Å². The first kappa shape index (κ1) is 21.8. The van der Waals surface area contributed by atoms with Gasteiger partial charge < -0.3 is 5.11 Å². The van der Waals surface area contributed by atoms with Crippen molar-refractivity contribution in [1.82, 2.24) is 0 Å². The second-order valence-electron chi connectivity index (χ2n) is 7.79. The molecule has 4 nitrogen and oxygen atoms in total. The molecule has 2 aliphatic rings. The maximum Gasteiger partial charge on any atom is 0.303 e. The van der Waals surface area contributed by atoms with Crippen molar-refractivity contribution in [1.29, 1.82) is 0 Å². The maximum atomic E-state index is 12.6. The van der Waals surface area contributed by atoms with Crippen molar-refractivity contribution < 1.29 is 18.3 Å². The molecule has 0 aliphatic carbocycles. The number of allylic oxidation sites excluding steroid dienone is 2. The lowest BCUT2D eigenvalue weighted by Gasteiger charge is -2.29. The molecule has 26 heavy (non-hydrogen) atoms. The van der Waals surface area contributed by atoms with Gasteiger partial charge in [-0.1, -0.05) is 38.3 Å². The lowest BCUT2D eigenvalue weighted by molar-refractivity contribution is -0.137. The van der Waals surface area contributed by atoms with Crippen LogP contribution in [0.5, 0.6) is 0 Å². The summed E-state index contributed by atoms with van der Waals surface area (Å²) >= 11 is 2.02. The predicted octanol–water partition coefficient (Wildman–Crippen LogP) is 4.69. The van der Waals surface area contributed by atoms with Gasteiger partial charge in [-0.05, 0) is 50.4 Å². The van der Waals surface area contributed by atoms with E-state index in [0.717, 1.165) is 38.5 Å². The van der Waals surface area contributed by atoms with Gasteiger partial charge in [-0.15, -0.1) is 0 Å². The zero-order chi connectivity index (χ0) is 19.0. The van der Waals surface area contributed by atoms with Crippen LogP contribution in [0, 0.1) is 11.8 Å². The van der Waals surface area contributed by atoms with Crippen molar-refractivity contribution in [2.24, 2.45) is 11.8 Å². The predicted molar refractivity (Wildman–Crippen MR) is 109 cm³/mol. The second kappa shape index (κ2) is 10.7. The molecule has 1 N–H and O–H groups in total. The molecule has 0 radical (unpaired) electrons. The lowest BCUT2D eigenvalue weighted by atomic mass is 9.78. The Morgan fingerprint density at radius 1 is 1.08 bits per heavy atom. The Kier molecular flexibility index (Phi) is 9.01. The summed E-state index contributed by atoms with van der Waals surface area (Å²) in [4.78, 5) is 10.5. The van der Waals surface area contributed by atoms with Crippen molar-refractivity contribution in [3.05, 3.63) is 12.2 Å². The Balaban J connectivity index is 1.82. The molecule has 2 saturated heterocycles. The summed E-state index contributed by atoms with van der Waals surface area (Å²) in [7, 11) is -2.95. The number of hydrogen-bond acceptors (Lipinski definition) is 4. The summed E-state index contributed by atoms with van der Waals surface area (Å²) in [6.45, 7) is 2.14. The number of hydrogen-bond donors (Lipinski definition) is 1. The van der Waals surface area contributed by atoms with Crippen molar-refractivity contribution in [3.8, 4) is 0 Å². The van der Waals surface area contributed by atoms with Gasteiger partial charge in [0.1, 0.15) is 0 Å². The number of carboxylic acids is 1. The van der Waals surface area contributed by atoms with Gasteiger partial charge in [0.05, 0.1) is 11.5 Å². The van der Waals surface area contributed by atoms with Crippen molar-refractivity contribution in [2.45, 2.75) is 81.6 Å². The summed E-state index contributed by atoms with van der Waals surface area (Å²) in [5, 5.41) is 9.80. The van der Waals surface area contributed by atoms with Crippen LogP contribution in [0.4, 0.5) is 0 Å². The number of thioether (sulfide) groups is 1. The van der Waals surface area contributed by atoms with E-state index in [1.54, 1.807) is 0 Å². The van der Waals surface area contributed by atoms with Crippen molar-refractivity contribution in [2.75, 3.05) is 11.5 Å². The smallest absolute Gasteiger partial charge is 0.303 e. The fourth-order valence-electron chi connectivity index (χ4n) is 4.30. The van der Waals surface area contributed by atoms with Crippen LogP contribution in [-0.4, -0.2) is 41.5 Å². The second-order valence-corrected chi connectivity index (χ2v) is 11.5. The van der Waals surface area contributed by atoms with Crippen LogP contribution in [0.2, 0.25) is 0 Å². The molecule has 6 heteroatoms. The van der Waals surface area contributed by atoms with Crippen LogP contribution >= 0.6 is 11.8 Å². The number of unbranched alkanes of at least 4 members (excludes halogenated alkanes) is 4. The Hall–Kier alpha value is -0.490. The Morgan fingerprint density at radius 3 is 2.50 bits per heavy atom. The lowest BCUT2D eigenvalue weighted by Crippen LogP contribution is -2.33. The number of sulfone groups is 1. The fraction of sp³-hybridized carbons (Fsp3) is 0.850. The highest BCUT2D eigenvalue weighted by molar-refractivity contribution is 8.01. The number of aliphatic carboxylic acids is 1. The molecule has 0 aromatic heterocycles. The molecule has 150 valence electrons. The average Bonchev–Trinajstić information content (AvgIpc) is 3.16. The molecule has 0 spiro atoms. The van der Waals surface area contributed by atoms with E-state index in [-0.39, 0.29) is 6.42 Å². The third kappa shape index (κ3) is 6.91. The molecule has 2 rings (SSSR count). The standard InChI is InChI=1S/C20H34O4S2/c1-2-3-4-9-14-26(23,24)15-17-16(18-12-13-19(17)25-18)10-7-5-6-8-11-20(21)22/h5,7,16-19H,2-4,6,8-15H2,1H3,(H,21,22)/b7-5-/t16-,17+,18-,19+/m1/s1. The highest BCUT2D eigenvalue weighted by Gasteiger charge is 2.48. The Bertz CT molecular complexity index is 570. The van der Waals surface area contributed by atoms with E-state index in [4.69, 9.17) is 5.11 Å². The third-order valence-electron chi connectivity index (χ3n) is 5.68. The molecule has 2 heterocycles. The van der Waals surface area contributed by atoms with Crippen LogP contribution in [0.25, 0.3) is 0 Å². The largest absolute Gasteiger partial charge is 0.481 e. The summed E-state index contributed by atoms with van der Waals surface area (Å²) in [5.41, 5.74) is 0. The van der Waals surface area contributed by atoms with E-state index >= 15 is 0 Å². The quantitative estimate of drug-likeness (QED) is 0.357. The number of rotatable bonds is 13. The average molecular weight is 403 g/mol. The normalized spacial score (nSPS) is 28.2. The zero-order valence-electron chi connectivity index (χ0n) is 15.9. The van der Waals surface area contributed by atoms with Crippen LogP contribution in [0.15, 0.2) is 12.2 Å². The van der Waals surface area contributed by atoms with Crippen molar-refractivity contribution in [3.63, 3.8) is 0 Å². The fourth-order valence-corrected chi connectivity index (χ4v) is 8.30. The van der Waals surface area contributed by atoms with Gasteiger partial charge in [-0.25, -0.2) is 8.42 Å². The van der Waals surface area contributed by atoms with Crippen LogP contribution in [0.1, 0.15) is 71.1 Å². The van der Waals surface area contributed by atoms with E-state index in [9.17, 15) is 13.2 Å². The number of fused-ring (bicyclic) bond motifs is 2. The summed E-state index contributed by atoms with van der Waals surface area (Å²) < 4.78 is 25.1. The topological polar surface area (TPSA) is 71.4 Å². The monoisotopic (exact) mass is 402 g/mol. The van der Waals surface area contributed by atoms with Crippen LogP contribution in [-0.2, 0) is 14.6 Å². The summed E-state index contributed by atoms with van der Waals surface area (Å²) in [6, 6.07) is 0. The molecule has 0 aromatic rings. The van der Waals surface area contributed by atoms with Gasteiger partial charge in [0.25, 0.3) is 0 Å². The van der Waals surface area contributed by atoms with Gasteiger partial charge in [0.2, 0.25) is 0 Å². The molecule has 0 unspecified atom stereocenters.